The summed E-state index contributed by atoms with van der Waals surface area (Å²) in [7, 11) is 0. The van der Waals surface area contributed by atoms with E-state index in [1.165, 1.54) is 12.8 Å². The van der Waals surface area contributed by atoms with Crippen LogP contribution in [0.1, 0.15) is 44.1 Å². The van der Waals surface area contributed by atoms with Crippen molar-refractivity contribution in [3.8, 4) is 0 Å². The predicted molar refractivity (Wildman–Crippen MR) is 60.6 cm³/mol. The van der Waals surface area contributed by atoms with E-state index in [1.807, 2.05) is 6.07 Å². The molecule has 0 aliphatic heterocycles. The number of halogens is 2. The second kappa shape index (κ2) is 6.99. The fourth-order valence-electron chi connectivity index (χ4n) is 2.35. The molecular weight excluding hydrogens is 296 g/mol. The first-order chi connectivity index (χ1) is 7.18. The molecule has 0 aromatic heterocycles. The van der Waals surface area contributed by atoms with Crippen LogP contribution < -0.4 is 58.2 Å². The second-order valence-corrected chi connectivity index (χ2v) is 4.90. The number of benzene rings is 1. The maximum atomic E-state index is 13.2. The number of hydrogen-bond donors (Lipinski definition) is 0. The van der Waals surface area contributed by atoms with Gasteiger partial charge in [-0.2, -0.15) is 23.7 Å². The topological polar surface area (TPSA) is 0 Å². The molecule has 1 aromatic carbocycles. The molecule has 0 amide bonds. The van der Waals surface area contributed by atoms with Crippen LogP contribution in [-0.2, 0) is 0 Å². The van der Waals surface area contributed by atoms with Crippen LogP contribution in [0.4, 0.5) is 4.39 Å². The Bertz CT molecular complexity index is 346. The van der Waals surface area contributed by atoms with Crippen molar-refractivity contribution in [2.75, 3.05) is 0 Å². The fourth-order valence-corrected chi connectivity index (χ4v) is 2.63. The molecule has 0 saturated heterocycles. The average molecular weight is 311 g/mol. The molecule has 1 saturated carbocycles. The summed E-state index contributed by atoms with van der Waals surface area (Å²) < 4.78 is 13.2. The zero-order chi connectivity index (χ0) is 10.8. The SMILES string of the molecule is CC1CCC(c2cc[c-]c(F)c2Cl)CC1.[Rb+]. The van der Waals surface area contributed by atoms with Crippen LogP contribution in [0.2, 0.25) is 5.02 Å². The first kappa shape index (κ1) is 15.3. The van der Waals surface area contributed by atoms with E-state index in [-0.39, 0.29) is 63.2 Å². The zero-order valence-corrected chi connectivity index (χ0v) is 15.6. The van der Waals surface area contributed by atoms with Crippen LogP contribution in [0.3, 0.4) is 0 Å². The molecule has 0 radical (unpaired) electrons. The first-order valence-electron chi connectivity index (χ1n) is 5.54. The van der Waals surface area contributed by atoms with Crippen molar-refractivity contribution in [2.45, 2.75) is 38.5 Å². The monoisotopic (exact) mass is 310 g/mol. The maximum Gasteiger partial charge on any atom is 1.00 e. The number of rotatable bonds is 1. The van der Waals surface area contributed by atoms with Gasteiger partial charge < -0.3 is 0 Å². The average Bonchev–Trinajstić information content (AvgIpc) is 2.24. The molecule has 1 aliphatic carbocycles. The van der Waals surface area contributed by atoms with Gasteiger partial charge in [-0.1, -0.05) is 19.8 Å². The normalized spacial score (nSPS) is 24.9. The third kappa shape index (κ3) is 3.62. The minimum Gasteiger partial charge on any atom is -0.235 e. The van der Waals surface area contributed by atoms with Gasteiger partial charge in [-0.25, -0.2) is 4.39 Å². The van der Waals surface area contributed by atoms with Gasteiger partial charge in [0.2, 0.25) is 0 Å². The molecule has 0 spiro atoms. The van der Waals surface area contributed by atoms with Crippen molar-refractivity contribution >= 4 is 11.6 Å². The quantitative estimate of drug-likeness (QED) is 0.691. The Kier molecular flexibility index (Phi) is 6.68. The van der Waals surface area contributed by atoms with Crippen molar-refractivity contribution in [1.29, 1.82) is 0 Å². The molecule has 1 aromatic rings. The Labute approximate surface area is 151 Å². The molecule has 0 unspecified atom stereocenters. The minimum absolute atomic E-state index is 0. The van der Waals surface area contributed by atoms with Gasteiger partial charge in [0.25, 0.3) is 0 Å². The van der Waals surface area contributed by atoms with E-state index in [4.69, 9.17) is 11.6 Å². The Morgan fingerprint density at radius 2 is 1.94 bits per heavy atom. The van der Waals surface area contributed by atoms with Crippen molar-refractivity contribution in [2.24, 2.45) is 5.92 Å². The first-order valence-corrected chi connectivity index (χ1v) is 5.92. The van der Waals surface area contributed by atoms with Crippen LogP contribution in [0.5, 0.6) is 0 Å². The van der Waals surface area contributed by atoms with Crippen LogP contribution in [-0.4, -0.2) is 0 Å². The predicted octanol–water partition coefficient (Wildman–Crippen LogP) is 1.58. The second-order valence-electron chi connectivity index (χ2n) is 4.52. The number of hydrogen-bond acceptors (Lipinski definition) is 0. The summed E-state index contributed by atoms with van der Waals surface area (Å²) in [6.07, 6.45) is 4.71. The molecule has 0 bridgehead atoms. The van der Waals surface area contributed by atoms with Crippen LogP contribution in [0, 0.1) is 17.8 Å². The van der Waals surface area contributed by atoms with Gasteiger partial charge in [-0.05, 0) is 29.7 Å². The molecule has 82 valence electrons. The van der Waals surface area contributed by atoms with E-state index >= 15 is 0 Å². The van der Waals surface area contributed by atoms with Gasteiger partial charge in [0.15, 0.2) is 0 Å². The minimum atomic E-state index is -0.409. The molecular formula is C13H15ClFRb. The Morgan fingerprint density at radius 3 is 2.56 bits per heavy atom. The van der Waals surface area contributed by atoms with Gasteiger partial charge in [0, 0.05) is 5.82 Å². The van der Waals surface area contributed by atoms with E-state index in [9.17, 15) is 4.39 Å². The molecule has 0 N–H and O–H groups in total. The summed E-state index contributed by atoms with van der Waals surface area (Å²) in [5, 5.41) is 0.275. The Morgan fingerprint density at radius 1 is 1.31 bits per heavy atom. The third-order valence-corrected chi connectivity index (χ3v) is 3.76. The summed E-state index contributed by atoms with van der Waals surface area (Å²) in [6, 6.07) is 6.03. The Balaban J connectivity index is 0.00000128. The van der Waals surface area contributed by atoms with Crippen LogP contribution >= 0.6 is 11.6 Å². The molecule has 0 nitrogen and oxygen atoms in total. The van der Waals surface area contributed by atoms with E-state index in [1.54, 1.807) is 6.07 Å². The van der Waals surface area contributed by atoms with Gasteiger partial charge >= 0.3 is 58.2 Å². The molecule has 1 aliphatic rings. The molecule has 16 heavy (non-hydrogen) atoms. The Hall–Kier alpha value is 1.25. The van der Waals surface area contributed by atoms with Crippen molar-refractivity contribution in [3.63, 3.8) is 0 Å². The van der Waals surface area contributed by atoms with Gasteiger partial charge in [-0.3, -0.25) is 0 Å². The standard InChI is InChI=1S/C13H15ClF.Rb/c1-9-5-7-10(8-6-9)11-3-2-4-12(15)13(11)14;/h2-3,9-10H,5-8H2,1H3;/q-1;+1. The summed E-state index contributed by atoms with van der Waals surface area (Å²) in [5.74, 6) is 0.839. The summed E-state index contributed by atoms with van der Waals surface area (Å²) in [4.78, 5) is 0. The van der Waals surface area contributed by atoms with Gasteiger partial charge in [0.05, 0.1) is 0 Å². The van der Waals surface area contributed by atoms with Crippen LogP contribution in [0.25, 0.3) is 0 Å². The smallest absolute Gasteiger partial charge is 0.235 e. The van der Waals surface area contributed by atoms with Gasteiger partial charge in [0.1, 0.15) is 0 Å². The van der Waals surface area contributed by atoms with Gasteiger partial charge in [-0.15, -0.1) is 11.6 Å². The van der Waals surface area contributed by atoms with Crippen molar-refractivity contribution < 1.29 is 62.6 Å². The zero-order valence-electron chi connectivity index (χ0n) is 9.89. The largest absolute Gasteiger partial charge is 1.00 e. The van der Waals surface area contributed by atoms with E-state index < -0.39 is 5.82 Å². The molecule has 2 rings (SSSR count). The van der Waals surface area contributed by atoms with E-state index in [0.717, 1.165) is 24.3 Å². The van der Waals surface area contributed by atoms with E-state index in [2.05, 4.69) is 13.0 Å². The molecule has 3 heteroatoms. The van der Waals surface area contributed by atoms with Crippen molar-refractivity contribution in [1.82, 2.24) is 0 Å². The van der Waals surface area contributed by atoms with Crippen molar-refractivity contribution in [3.05, 3.63) is 34.6 Å². The molecule has 0 heterocycles. The van der Waals surface area contributed by atoms with E-state index in [0.29, 0.717) is 5.92 Å². The maximum absolute atomic E-state index is 13.2. The van der Waals surface area contributed by atoms with Crippen LogP contribution in [0.15, 0.2) is 12.1 Å². The molecule has 1 fully saturated rings. The summed E-state index contributed by atoms with van der Waals surface area (Å²) >= 11 is 5.96. The summed E-state index contributed by atoms with van der Waals surface area (Å²) in [5.41, 5.74) is 0.972. The fraction of sp³-hybridized carbons (Fsp3) is 0.538. The molecule has 0 atom stereocenters. The third-order valence-electron chi connectivity index (χ3n) is 3.37. The summed E-state index contributed by atoms with van der Waals surface area (Å²) in [6.45, 7) is 2.27.